The Morgan fingerprint density at radius 1 is 1.27 bits per heavy atom. The fourth-order valence-corrected chi connectivity index (χ4v) is 2.77. The lowest BCUT2D eigenvalue weighted by molar-refractivity contribution is -0.137. The van der Waals surface area contributed by atoms with Gasteiger partial charge in [-0.05, 0) is 30.7 Å². The number of hydrogen-bond acceptors (Lipinski definition) is 6. The quantitative estimate of drug-likeness (QED) is 0.742. The van der Waals surface area contributed by atoms with Crippen molar-refractivity contribution in [3.8, 4) is 0 Å². The van der Waals surface area contributed by atoms with Gasteiger partial charge >= 0.3 is 0 Å². The summed E-state index contributed by atoms with van der Waals surface area (Å²) in [6.45, 7) is 1.33. The van der Waals surface area contributed by atoms with Gasteiger partial charge in [-0.3, -0.25) is 14.5 Å². The molecule has 8 heteroatoms. The van der Waals surface area contributed by atoms with Crippen molar-refractivity contribution in [2.45, 2.75) is 11.8 Å². The van der Waals surface area contributed by atoms with Crippen molar-refractivity contribution < 1.29 is 23.1 Å². The molecule has 0 aromatic heterocycles. The second-order valence-electron chi connectivity index (χ2n) is 4.95. The van der Waals surface area contributed by atoms with E-state index in [1.54, 1.807) is 13.0 Å². The Bertz CT molecular complexity index is 767. The van der Waals surface area contributed by atoms with Gasteiger partial charge in [-0.2, -0.15) is 0 Å². The first kappa shape index (κ1) is 16.2. The van der Waals surface area contributed by atoms with Gasteiger partial charge in [-0.1, -0.05) is 0 Å². The van der Waals surface area contributed by atoms with Crippen molar-refractivity contribution in [3.05, 3.63) is 35.5 Å². The molecule has 7 nitrogen and oxygen atoms in total. The molecule has 2 rings (SSSR count). The molecule has 1 heterocycles. The zero-order chi connectivity index (χ0) is 16.5. The number of nitrogens with one attached hydrogen (secondary N) is 1. The van der Waals surface area contributed by atoms with E-state index in [-0.39, 0.29) is 23.7 Å². The van der Waals surface area contributed by atoms with Crippen LogP contribution < -0.4 is 5.32 Å². The van der Waals surface area contributed by atoms with Crippen LogP contribution in [0, 0.1) is 6.92 Å². The standard InChI is InChI=1S/C14H16N2O5S/c1-9-7-10(22(2,20)21)3-4-11(9)15-12-8-13(18)16(5-6-17)14(12)19/h3-4,7-8,15,17H,5-6H2,1-2H3. The van der Waals surface area contributed by atoms with Crippen molar-refractivity contribution in [2.75, 3.05) is 24.7 Å². The van der Waals surface area contributed by atoms with E-state index in [0.29, 0.717) is 11.3 Å². The largest absolute Gasteiger partial charge is 0.395 e. The lowest BCUT2D eigenvalue weighted by Crippen LogP contribution is -2.34. The first-order chi connectivity index (χ1) is 10.2. The average molecular weight is 324 g/mol. The van der Waals surface area contributed by atoms with Crippen molar-refractivity contribution >= 4 is 27.3 Å². The Kier molecular flexibility index (Phi) is 4.34. The highest BCUT2D eigenvalue weighted by Gasteiger charge is 2.30. The van der Waals surface area contributed by atoms with Crippen LogP contribution in [0.1, 0.15) is 5.56 Å². The van der Waals surface area contributed by atoms with Crippen LogP contribution in [0.5, 0.6) is 0 Å². The van der Waals surface area contributed by atoms with Crippen molar-refractivity contribution in [3.63, 3.8) is 0 Å². The summed E-state index contributed by atoms with van der Waals surface area (Å²) >= 11 is 0. The molecule has 0 unspecified atom stereocenters. The molecule has 2 N–H and O–H groups in total. The van der Waals surface area contributed by atoms with Gasteiger partial charge in [0, 0.05) is 18.0 Å². The molecule has 0 radical (unpaired) electrons. The third-order valence-electron chi connectivity index (χ3n) is 3.23. The van der Waals surface area contributed by atoms with Crippen LogP contribution in [-0.2, 0) is 19.4 Å². The molecule has 1 aromatic rings. The molecule has 2 amide bonds. The molecular formula is C14H16N2O5S. The van der Waals surface area contributed by atoms with Crippen LogP contribution in [0.3, 0.4) is 0 Å². The van der Waals surface area contributed by atoms with Crippen LogP contribution in [0.15, 0.2) is 34.9 Å². The van der Waals surface area contributed by atoms with Crippen molar-refractivity contribution in [1.29, 1.82) is 0 Å². The summed E-state index contributed by atoms with van der Waals surface area (Å²) in [5.41, 5.74) is 1.25. The summed E-state index contributed by atoms with van der Waals surface area (Å²) < 4.78 is 23.0. The van der Waals surface area contributed by atoms with E-state index in [1.165, 1.54) is 12.1 Å². The average Bonchev–Trinajstić information content (AvgIpc) is 2.68. The number of carbonyl (C=O) groups excluding carboxylic acids is 2. The predicted molar refractivity (Wildman–Crippen MR) is 79.8 cm³/mol. The SMILES string of the molecule is Cc1cc(S(C)(=O)=O)ccc1NC1=CC(=O)N(CCO)C1=O. The summed E-state index contributed by atoms with van der Waals surface area (Å²) in [4.78, 5) is 24.8. The number of nitrogens with zero attached hydrogens (tertiary/aromatic N) is 1. The van der Waals surface area contributed by atoms with E-state index in [1.807, 2.05) is 0 Å². The number of benzene rings is 1. The summed E-state index contributed by atoms with van der Waals surface area (Å²) in [5.74, 6) is -1.02. The van der Waals surface area contributed by atoms with Crippen LogP contribution in [-0.4, -0.2) is 49.6 Å². The summed E-state index contributed by atoms with van der Waals surface area (Å²) in [6, 6.07) is 4.46. The van der Waals surface area contributed by atoms with Gasteiger partial charge in [0.25, 0.3) is 11.8 Å². The molecule has 0 saturated heterocycles. The molecule has 22 heavy (non-hydrogen) atoms. The highest BCUT2D eigenvalue weighted by molar-refractivity contribution is 7.90. The Morgan fingerprint density at radius 2 is 1.95 bits per heavy atom. The summed E-state index contributed by atoms with van der Waals surface area (Å²) in [7, 11) is -3.30. The zero-order valence-corrected chi connectivity index (χ0v) is 13.0. The normalized spacial score (nSPS) is 15.2. The molecule has 0 atom stereocenters. The van der Waals surface area contributed by atoms with E-state index in [2.05, 4.69) is 5.32 Å². The van der Waals surface area contributed by atoms with E-state index in [0.717, 1.165) is 17.2 Å². The topological polar surface area (TPSA) is 104 Å². The maximum Gasteiger partial charge on any atom is 0.277 e. The zero-order valence-electron chi connectivity index (χ0n) is 12.2. The molecule has 0 saturated carbocycles. The first-order valence-corrected chi connectivity index (χ1v) is 8.39. The molecule has 0 bridgehead atoms. The maximum absolute atomic E-state index is 12.0. The molecule has 118 valence electrons. The van der Waals surface area contributed by atoms with E-state index < -0.39 is 21.7 Å². The lowest BCUT2D eigenvalue weighted by Gasteiger charge is -2.14. The van der Waals surface area contributed by atoms with Gasteiger partial charge in [0.2, 0.25) is 0 Å². The molecule has 0 spiro atoms. The minimum atomic E-state index is -3.30. The number of carbonyl (C=O) groups is 2. The van der Waals surface area contributed by atoms with Gasteiger partial charge in [0.05, 0.1) is 18.0 Å². The third-order valence-corrected chi connectivity index (χ3v) is 4.34. The Balaban J connectivity index is 2.24. The van der Waals surface area contributed by atoms with Crippen molar-refractivity contribution in [2.24, 2.45) is 0 Å². The van der Waals surface area contributed by atoms with Gasteiger partial charge in [-0.25, -0.2) is 8.42 Å². The number of anilines is 1. The van der Waals surface area contributed by atoms with Gasteiger partial charge < -0.3 is 10.4 Å². The number of hydrogen-bond donors (Lipinski definition) is 2. The number of aryl methyl sites for hydroxylation is 1. The smallest absolute Gasteiger partial charge is 0.277 e. The third kappa shape index (κ3) is 3.18. The number of aliphatic hydroxyl groups is 1. The highest BCUT2D eigenvalue weighted by atomic mass is 32.2. The minimum Gasteiger partial charge on any atom is -0.395 e. The van der Waals surface area contributed by atoms with E-state index in [9.17, 15) is 18.0 Å². The van der Waals surface area contributed by atoms with Crippen LogP contribution in [0.4, 0.5) is 5.69 Å². The molecule has 0 aliphatic carbocycles. The van der Waals surface area contributed by atoms with Crippen molar-refractivity contribution in [1.82, 2.24) is 4.90 Å². The second kappa shape index (κ2) is 5.90. The molecule has 1 aliphatic heterocycles. The Morgan fingerprint density at radius 3 is 2.50 bits per heavy atom. The second-order valence-corrected chi connectivity index (χ2v) is 6.97. The van der Waals surface area contributed by atoms with Gasteiger partial charge in [0.15, 0.2) is 9.84 Å². The number of amides is 2. The van der Waals surface area contributed by atoms with Crippen LogP contribution in [0.25, 0.3) is 0 Å². The first-order valence-electron chi connectivity index (χ1n) is 6.50. The highest BCUT2D eigenvalue weighted by Crippen LogP contribution is 2.23. The fourth-order valence-electron chi connectivity index (χ4n) is 2.06. The molecule has 0 fully saturated rings. The van der Waals surface area contributed by atoms with Crippen LogP contribution >= 0.6 is 0 Å². The molecule has 1 aromatic carbocycles. The maximum atomic E-state index is 12.0. The lowest BCUT2D eigenvalue weighted by atomic mass is 10.2. The van der Waals surface area contributed by atoms with Gasteiger partial charge in [0.1, 0.15) is 5.70 Å². The summed E-state index contributed by atoms with van der Waals surface area (Å²) in [6.07, 6.45) is 2.27. The number of rotatable bonds is 5. The predicted octanol–water partition coefficient (Wildman–Crippen LogP) is 0.0554. The number of aliphatic hydroxyl groups excluding tert-OH is 1. The fraction of sp³-hybridized carbons (Fsp3) is 0.286. The van der Waals surface area contributed by atoms with E-state index >= 15 is 0 Å². The van der Waals surface area contributed by atoms with E-state index in [4.69, 9.17) is 5.11 Å². The Labute approximate surface area is 128 Å². The van der Waals surface area contributed by atoms with Gasteiger partial charge in [-0.15, -0.1) is 0 Å². The molecule has 1 aliphatic rings. The number of sulfone groups is 1. The number of imide groups is 1. The summed E-state index contributed by atoms with van der Waals surface area (Å²) in [5, 5.41) is 11.7. The minimum absolute atomic E-state index is 0.0641. The number of β-amino-alcohol motifs (C(OH)–C–C–N with tert-alkyl or cyclic N) is 1. The van der Waals surface area contributed by atoms with Crippen LogP contribution in [0.2, 0.25) is 0 Å². The monoisotopic (exact) mass is 324 g/mol. The molecular weight excluding hydrogens is 308 g/mol. The Hall–Kier alpha value is -2.19.